The van der Waals surface area contributed by atoms with Crippen molar-refractivity contribution in [2.45, 2.75) is 38.7 Å². The molecule has 0 radical (unpaired) electrons. The molecule has 1 heterocycles. The molecule has 0 spiro atoms. The normalized spacial score (nSPS) is 19.3. The van der Waals surface area contributed by atoms with Gasteiger partial charge < -0.3 is 15.3 Å². The van der Waals surface area contributed by atoms with Gasteiger partial charge in [-0.15, -0.1) is 0 Å². The summed E-state index contributed by atoms with van der Waals surface area (Å²) in [7, 11) is 1.60. The minimum Gasteiger partial charge on any atom is -0.393 e. The van der Waals surface area contributed by atoms with Gasteiger partial charge in [-0.05, 0) is 43.9 Å². The number of nitrogens with one attached hydrogen (secondary N) is 1. The summed E-state index contributed by atoms with van der Waals surface area (Å²) in [5, 5.41) is 12.3. The second-order valence-corrected chi connectivity index (χ2v) is 6.26. The molecule has 1 aromatic carbocycles. The highest BCUT2D eigenvalue weighted by atomic mass is 16.3. The van der Waals surface area contributed by atoms with Crippen LogP contribution in [0, 0.1) is 5.92 Å². The maximum Gasteiger partial charge on any atom is 0.251 e. The van der Waals surface area contributed by atoms with Gasteiger partial charge in [0.1, 0.15) is 0 Å². The molecule has 2 rings (SSSR count). The standard InChI is InChI=1S/C18H26N2O3/c1-13(21)16-7-4-10-20(12-16)17(22)9-8-14-5-3-6-15(11-14)18(23)19-2/h3,5-6,11,13,16,21H,4,7-10,12H2,1-2H3,(H,19,23). The van der Waals surface area contributed by atoms with Crippen molar-refractivity contribution in [1.29, 1.82) is 0 Å². The molecular weight excluding hydrogens is 292 g/mol. The quantitative estimate of drug-likeness (QED) is 0.866. The van der Waals surface area contributed by atoms with Crippen molar-refractivity contribution in [3.63, 3.8) is 0 Å². The number of piperidine rings is 1. The third kappa shape index (κ3) is 4.79. The molecule has 0 bridgehead atoms. The fourth-order valence-corrected chi connectivity index (χ4v) is 3.05. The number of aliphatic hydroxyl groups excluding tert-OH is 1. The minimum atomic E-state index is -0.366. The Bertz CT molecular complexity index is 557. The van der Waals surface area contributed by atoms with Gasteiger partial charge in [0.15, 0.2) is 0 Å². The first-order chi connectivity index (χ1) is 11.0. The molecule has 0 saturated carbocycles. The first kappa shape index (κ1) is 17.5. The molecule has 1 aliphatic heterocycles. The number of hydrogen-bond acceptors (Lipinski definition) is 3. The lowest BCUT2D eigenvalue weighted by Gasteiger charge is -2.34. The van der Waals surface area contributed by atoms with Crippen LogP contribution >= 0.6 is 0 Å². The Labute approximate surface area is 137 Å². The topological polar surface area (TPSA) is 69.6 Å². The van der Waals surface area contributed by atoms with E-state index in [0.29, 0.717) is 24.9 Å². The second kappa shape index (κ2) is 8.11. The summed E-state index contributed by atoms with van der Waals surface area (Å²) in [5.41, 5.74) is 1.60. The fraction of sp³-hybridized carbons (Fsp3) is 0.556. The summed E-state index contributed by atoms with van der Waals surface area (Å²) in [6, 6.07) is 7.38. The molecule has 1 aromatic rings. The van der Waals surface area contributed by atoms with E-state index in [4.69, 9.17) is 0 Å². The molecule has 5 nitrogen and oxygen atoms in total. The van der Waals surface area contributed by atoms with Crippen molar-refractivity contribution in [2.24, 2.45) is 5.92 Å². The molecule has 2 amide bonds. The summed E-state index contributed by atoms with van der Waals surface area (Å²) in [6.07, 6.45) is 2.63. The van der Waals surface area contributed by atoms with E-state index in [-0.39, 0.29) is 23.8 Å². The largest absolute Gasteiger partial charge is 0.393 e. The fourth-order valence-electron chi connectivity index (χ4n) is 3.05. The first-order valence-corrected chi connectivity index (χ1v) is 8.28. The molecule has 126 valence electrons. The van der Waals surface area contributed by atoms with Crippen LogP contribution < -0.4 is 5.32 Å². The number of aliphatic hydroxyl groups is 1. The van der Waals surface area contributed by atoms with E-state index < -0.39 is 0 Å². The van der Waals surface area contributed by atoms with Gasteiger partial charge >= 0.3 is 0 Å². The third-order valence-corrected chi connectivity index (χ3v) is 4.54. The van der Waals surface area contributed by atoms with E-state index in [1.807, 2.05) is 23.1 Å². The zero-order valence-electron chi connectivity index (χ0n) is 13.9. The van der Waals surface area contributed by atoms with Gasteiger partial charge in [-0.25, -0.2) is 0 Å². The Kier molecular flexibility index (Phi) is 6.16. The molecule has 2 N–H and O–H groups in total. The summed E-state index contributed by atoms with van der Waals surface area (Å²) >= 11 is 0. The van der Waals surface area contributed by atoms with Gasteiger partial charge in [0.2, 0.25) is 5.91 Å². The Morgan fingerprint density at radius 2 is 2.22 bits per heavy atom. The van der Waals surface area contributed by atoms with Gasteiger partial charge in [0.25, 0.3) is 5.91 Å². The molecule has 0 aliphatic carbocycles. The molecular formula is C18H26N2O3. The summed E-state index contributed by atoms with van der Waals surface area (Å²) in [5.74, 6) is 0.193. The highest BCUT2D eigenvalue weighted by Gasteiger charge is 2.26. The first-order valence-electron chi connectivity index (χ1n) is 8.28. The Hall–Kier alpha value is -1.88. The predicted molar refractivity (Wildman–Crippen MR) is 89.1 cm³/mol. The van der Waals surface area contributed by atoms with Crippen LogP contribution in [-0.4, -0.2) is 48.1 Å². The summed E-state index contributed by atoms with van der Waals surface area (Å²) in [4.78, 5) is 25.9. The lowest BCUT2D eigenvalue weighted by atomic mass is 9.93. The number of hydrogen-bond donors (Lipinski definition) is 2. The molecule has 2 atom stereocenters. The molecule has 0 aromatic heterocycles. The summed E-state index contributed by atoms with van der Waals surface area (Å²) < 4.78 is 0. The molecule has 5 heteroatoms. The number of aryl methyl sites for hydroxylation is 1. The predicted octanol–water partition coefficient (Wildman–Crippen LogP) is 1.60. The van der Waals surface area contributed by atoms with Crippen molar-refractivity contribution in [1.82, 2.24) is 10.2 Å². The van der Waals surface area contributed by atoms with Crippen molar-refractivity contribution in [2.75, 3.05) is 20.1 Å². The third-order valence-electron chi connectivity index (χ3n) is 4.54. The lowest BCUT2D eigenvalue weighted by Crippen LogP contribution is -2.43. The monoisotopic (exact) mass is 318 g/mol. The van der Waals surface area contributed by atoms with Gasteiger partial charge in [-0.2, -0.15) is 0 Å². The van der Waals surface area contributed by atoms with Crippen LogP contribution in [-0.2, 0) is 11.2 Å². The van der Waals surface area contributed by atoms with Crippen LogP contribution in [0.25, 0.3) is 0 Å². The van der Waals surface area contributed by atoms with Gasteiger partial charge in [-0.3, -0.25) is 9.59 Å². The molecule has 1 saturated heterocycles. The van der Waals surface area contributed by atoms with Gasteiger partial charge in [-0.1, -0.05) is 12.1 Å². The Morgan fingerprint density at radius 3 is 2.91 bits per heavy atom. The zero-order chi connectivity index (χ0) is 16.8. The van der Waals surface area contributed by atoms with Crippen LogP contribution in [0.15, 0.2) is 24.3 Å². The number of rotatable bonds is 5. The maximum absolute atomic E-state index is 12.4. The lowest BCUT2D eigenvalue weighted by molar-refractivity contribution is -0.133. The van der Waals surface area contributed by atoms with Crippen LogP contribution in [0.3, 0.4) is 0 Å². The van der Waals surface area contributed by atoms with Crippen LogP contribution in [0.2, 0.25) is 0 Å². The molecule has 1 aliphatic rings. The SMILES string of the molecule is CNC(=O)c1cccc(CCC(=O)N2CCCC(C(C)O)C2)c1. The summed E-state index contributed by atoms with van der Waals surface area (Å²) in [6.45, 7) is 3.22. The number of carbonyl (C=O) groups excluding carboxylic acids is 2. The number of nitrogens with zero attached hydrogens (tertiary/aromatic N) is 1. The number of amides is 2. The van der Waals surface area contributed by atoms with Crippen LogP contribution in [0.1, 0.15) is 42.1 Å². The smallest absolute Gasteiger partial charge is 0.251 e. The Balaban J connectivity index is 1.90. The minimum absolute atomic E-state index is 0.117. The van der Waals surface area contributed by atoms with Crippen molar-refractivity contribution in [3.8, 4) is 0 Å². The van der Waals surface area contributed by atoms with Crippen LogP contribution in [0.5, 0.6) is 0 Å². The highest BCUT2D eigenvalue weighted by Crippen LogP contribution is 2.20. The van der Waals surface area contributed by atoms with E-state index in [9.17, 15) is 14.7 Å². The highest BCUT2D eigenvalue weighted by molar-refractivity contribution is 5.94. The van der Waals surface area contributed by atoms with E-state index in [1.165, 1.54) is 0 Å². The molecule has 1 fully saturated rings. The second-order valence-electron chi connectivity index (χ2n) is 6.26. The average molecular weight is 318 g/mol. The van der Waals surface area contributed by atoms with E-state index in [0.717, 1.165) is 24.9 Å². The van der Waals surface area contributed by atoms with E-state index in [1.54, 1.807) is 20.0 Å². The van der Waals surface area contributed by atoms with E-state index >= 15 is 0 Å². The maximum atomic E-state index is 12.4. The van der Waals surface area contributed by atoms with E-state index in [2.05, 4.69) is 5.32 Å². The number of benzene rings is 1. The zero-order valence-corrected chi connectivity index (χ0v) is 13.9. The Morgan fingerprint density at radius 1 is 1.43 bits per heavy atom. The van der Waals surface area contributed by atoms with Gasteiger partial charge in [0.05, 0.1) is 6.10 Å². The molecule has 2 unspecified atom stereocenters. The average Bonchev–Trinajstić information content (AvgIpc) is 2.59. The molecule has 23 heavy (non-hydrogen) atoms. The number of likely N-dealkylation sites (tertiary alicyclic amines) is 1. The van der Waals surface area contributed by atoms with Gasteiger partial charge in [0, 0.05) is 38.0 Å². The van der Waals surface area contributed by atoms with Crippen molar-refractivity contribution in [3.05, 3.63) is 35.4 Å². The van der Waals surface area contributed by atoms with Crippen LogP contribution in [0.4, 0.5) is 0 Å². The van der Waals surface area contributed by atoms with Crippen molar-refractivity contribution < 1.29 is 14.7 Å². The van der Waals surface area contributed by atoms with Crippen molar-refractivity contribution >= 4 is 11.8 Å². The number of carbonyl (C=O) groups is 2.